The number of carbonyl (C=O) groups excluding carboxylic acids is 1. The first-order chi connectivity index (χ1) is 11.9. The molecule has 2 heterocycles. The van der Waals surface area contributed by atoms with Crippen molar-refractivity contribution in [2.75, 3.05) is 18.5 Å². The van der Waals surface area contributed by atoms with E-state index in [4.69, 9.17) is 0 Å². The molecular formula is C18H14BrN3O3. The lowest BCUT2D eigenvalue weighted by atomic mass is 9.75. The van der Waals surface area contributed by atoms with Gasteiger partial charge in [0.2, 0.25) is 12.5 Å². The Bertz CT molecular complexity index is 1030. The fraction of sp³-hybridized carbons (Fsp3) is 0.167. The minimum atomic E-state index is -1.34. The zero-order valence-corrected chi connectivity index (χ0v) is 14.9. The number of nitrogens with one attached hydrogen (secondary N) is 1. The van der Waals surface area contributed by atoms with Gasteiger partial charge in [-0.15, -0.1) is 0 Å². The maximum Gasteiger partial charge on any atom is 0.248 e. The minimum absolute atomic E-state index is 0.286. The van der Waals surface area contributed by atoms with Gasteiger partial charge in [-0.3, -0.25) is 14.9 Å². The van der Waals surface area contributed by atoms with Crippen molar-refractivity contribution in [3.05, 3.63) is 74.4 Å². The van der Waals surface area contributed by atoms with Gasteiger partial charge in [0.1, 0.15) is 0 Å². The molecule has 6 nitrogen and oxygen atoms in total. The molecular weight excluding hydrogens is 386 g/mol. The lowest BCUT2D eigenvalue weighted by molar-refractivity contribution is -0.486. The normalized spacial score (nSPS) is 19.4. The van der Waals surface area contributed by atoms with Gasteiger partial charge in [0.15, 0.2) is 5.41 Å². The molecule has 0 radical (unpaired) electrons. The molecule has 0 bridgehead atoms. The standard InChI is InChI=1S/C18H14BrN3O3/c1-21-16-5-3-2-4-13(16)18(17(21)23,10-22(24)25)14-9-20-15-7-6-11(19)8-12(14)15/h2-9,20H,10H2,1H3. The summed E-state index contributed by atoms with van der Waals surface area (Å²) in [5, 5.41) is 12.3. The number of hydrogen-bond acceptors (Lipinski definition) is 3. The molecule has 0 spiro atoms. The van der Waals surface area contributed by atoms with Crippen molar-refractivity contribution < 1.29 is 9.72 Å². The third-order valence-corrected chi connectivity index (χ3v) is 5.36. The summed E-state index contributed by atoms with van der Waals surface area (Å²) in [6, 6.07) is 12.9. The highest BCUT2D eigenvalue weighted by molar-refractivity contribution is 9.10. The summed E-state index contributed by atoms with van der Waals surface area (Å²) in [4.78, 5) is 29.0. The average Bonchev–Trinajstić information content (AvgIpc) is 3.09. The Morgan fingerprint density at radius 2 is 2.00 bits per heavy atom. The second-order valence-corrected chi connectivity index (χ2v) is 7.09. The molecule has 0 saturated carbocycles. The van der Waals surface area contributed by atoms with E-state index in [0.717, 1.165) is 15.4 Å². The van der Waals surface area contributed by atoms with E-state index in [1.807, 2.05) is 36.4 Å². The highest BCUT2D eigenvalue weighted by Crippen LogP contribution is 2.47. The molecule has 1 atom stereocenters. The molecule has 7 heteroatoms. The van der Waals surface area contributed by atoms with Crippen molar-refractivity contribution in [1.82, 2.24) is 4.98 Å². The van der Waals surface area contributed by atoms with E-state index in [-0.39, 0.29) is 5.91 Å². The van der Waals surface area contributed by atoms with Crippen LogP contribution in [0, 0.1) is 10.1 Å². The molecule has 1 unspecified atom stereocenters. The summed E-state index contributed by atoms with van der Waals surface area (Å²) in [6.45, 7) is -0.493. The van der Waals surface area contributed by atoms with Crippen LogP contribution in [-0.4, -0.2) is 29.4 Å². The number of nitro groups is 1. The van der Waals surface area contributed by atoms with Gasteiger partial charge >= 0.3 is 0 Å². The van der Waals surface area contributed by atoms with Crippen molar-refractivity contribution in [2.24, 2.45) is 0 Å². The first-order valence-corrected chi connectivity index (χ1v) is 8.51. The number of rotatable bonds is 3. The third-order valence-electron chi connectivity index (χ3n) is 4.86. The Labute approximate surface area is 151 Å². The number of amides is 1. The summed E-state index contributed by atoms with van der Waals surface area (Å²) in [5.74, 6) is -0.286. The molecule has 0 saturated heterocycles. The van der Waals surface area contributed by atoms with E-state index in [1.165, 1.54) is 4.90 Å². The molecule has 25 heavy (non-hydrogen) atoms. The lowest BCUT2D eigenvalue weighted by Crippen LogP contribution is -2.44. The van der Waals surface area contributed by atoms with E-state index in [9.17, 15) is 14.9 Å². The van der Waals surface area contributed by atoms with Crippen molar-refractivity contribution in [3.8, 4) is 0 Å². The Morgan fingerprint density at radius 3 is 2.76 bits per heavy atom. The van der Waals surface area contributed by atoms with Crippen LogP contribution in [0.15, 0.2) is 53.1 Å². The molecule has 1 N–H and O–H groups in total. The second-order valence-electron chi connectivity index (χ2n) is 6.17. The molecule has 126 valence electrons. The molecule has 4 rings (SSSR count). The topological polar surface area (TPSA) is 79.2 Å². The smallest absolute Gasteiger partial charge is 0.248 e. The van der Waals surface area contributed by atoms with Crippen LogP contribution in [-0.2, 0) is 10.2 Å². The quantitative estimate of drug-likeness (QED) is 0.540. The Kier molecular flexibility index (Phi) is 3.43. The van der Waals surface area contributed by atoms with Crippen molar-refractivity contribution >= 4 is 38.4 Å². The molecule has 1 aliphatic rings. The largest absolute Gasteiger partial charge is 0.361 e. The van der Waals surface area contributed by atoms with E-state index in [2.05, 4.69) is 20.9 Å². The van der Waals surface area contributed by atoms with Crippen molar-refractivity contribution in [2.45, 2.75) is 5.41 Å². The number of likely N-dealkylation sites (N-methyl/N-ethyl adjacent to an activating group) is 1. The lowest BCUT2D eigenvalue weighted by Gasteiger charge is -2.24. The van der Waals surface area contributed by atoms with E-state index in [1.54, 1.807) is 19.3 Å². The number of fused-ring (bicyclic) bond motifs is 2. The van der Waals surface area contributed by atoms with Crippen LogP contribution in [0.2, 0.25) is 0 Å². The summed E-state index contributed by atoms with van der Waals surface area (Å²) < 4.78 is 0.851. The number of carbonyl (C=O) groups is 1. The number of anilines is 1. The third kappa shape index (κ3) is 2.12. The maximum absolute atomic E-state index is 13.2. The van der Waals surface area contributed by atoms with Gasteiger partial charge in [-0.2, -0.15) is 0 Å². The number of hydrogen-bond donors (Lipinski definition) is 1. The molecule has 0 aliphatic carbocycles. The van der Waals surface area contributed by atoms with Crippen LogP contribution in [0.25, 0.3) is 10.9 Å². The first kappa shape index (κ1) is 15.8. The summed E-state index contributed by atoms with van der Waals surface area (Å²) in [5.41, 5.74) is 1.50. The molecule has 2 aromatic carbocycles. The highest BCUT2D eigenvalue weighted by Gasteiger charge is 2.55. The van der Waals surface area contributed by atoms with Gasteiger partial charge < -0.3 is 9.88 Å². The van der Waals surface area contributed by atoms with Crippen molar-refractivity contribution in [3.63, 3.8) is 0 Å². The zero-order valence-electron chi connectivity index (χ0n) is 13.3. The monoisotopic (exact) mass is 399 g/mol. The van der Waals surface area contributed by atoms with Gasteiger partial charge in [-0.25, -0.2) is 0 Å². The molecule has 1 aliphatic heterocycles. The molecule has 0 fully saturated rings. The summed E-state index contributed by atoms with van der Waals surface area (Å²) in [6.07, 6.45) is 1.72. The number of aromatic nitrogens is 1. The van der Waals surface area contributed by atoms with Crippen LogP contribution in [0.3, 0.4) is 0 Å². The number of aromatic amines is 1. The zero-order chi connectivity index (χ0) is 17.8. The molecule has 3 aromatic rings. The van der Waals surface area contributed by atoms with Crippen molar-refractivity contribution in [1.29, 1.82) is 0 Å². The van der Waals surface area contributed by atoms with Crippen LogP contribution >= 0.6 is 15.9 Å². The van der Waals surface area contributed by atoms with Gasteiger partial charge in [-0.05, 0) is 24.3 Å². The Hall–Kier alpha value is -2.67. The number of para-hydroxylation sites is 1. The van der Waals surface area contributed by atoms with Gasteiger partial charge in [0, 0.05) is 50.4 Å². The Balaban J connectivity index is 2.09. The van der Waals surface area contributed by atoms with Gasteiger partial charge in [0.25, 0.3) is 0 Å². The number of benzene rings is 2. The Morgan fingerprint density at radius 1 is 1.24 bits per heavy atom. The van der Waals surface area contributed by atoms with Gasteiger partial charge in [0.05, 0.1) is 0 Å². The van der Waals surface area contributed by atoms with Crippen LogP contribution in [0.4, 0.5) is 5.69 Å². The van der Waals surface area contributed by atoms with Crippen LogP contribution in [0.1, 0.15) is 11.1 Å². The highest BCUT2D eigenvalue weighted by atomic mass is 79.9. The second kappa shape index (κ2) is 5.42. The van der Waals surface area contributed by atoms with Crippen LogP contribution < -0.4 is 4.90 Å². The predicted octanol–water partition coefficient (Wildman–Crippen LogP) is 3.47. The van der Waals surface area contributed by atoms with E-state index < -0.39 is 16.9 Å². The average molecular weight is 400 g/mol. The fourth-order valence-corrected chi connectivity index (χ4v) is 4.14. The predicted molar refractivity (Wildman–Crippen MR) is 98.5 cm³/mol. The number of halogens is 1. The van der Waals surface area contributed by atoms with Gasteiger partial charge in [-0.1, -0.05) is 34.1 Å². The minimum Gasteiger partial charge on any atom is -0.361 e. The summed E-state index contributed by atoms with van der Waals surface area (Å²) in [7, 11) is 1.66. The SMILES string of the molecule is CN1C(=O)C(C[N+](=O)[O-])(c2c[nH]c3ccc(Br)cc23)c2ccccc21. The summed E-state index contributed by atoms with van der Waals surface area (Å²) >= 11 is 3.44. The molecule has 1 aromatic heterocycles. The maximum atomic E-state index is 13.2. The van der Waals surface area contributed by atoms with Crippen LogP contribution in [0.5, 0.6) is 0 Å². The van der Waals surface area contributed by atoms with E-state index in [0.29, 0.717) is 16.8 Å². The number of nitrogens with zero attached hydrogens (tertiary/aromatic N) is 2. The molecule has 1 amide bonds. The fourth-order valence-electron chi connectivity index (χ4n) is 3.78. The van der Waals surface area contributed by atoms with E-state index >= 15 is 0 Å². The number of H-pyrrole nitrogens is 1. The first-order valence-electron chi connectivity index (χ1n) is 7.72.